The van der Waals surface area contributed by atoms with Crippen LogP contribution in [0.2, 0.25) is 0 Å². The van der Waals surface area contributed by atoms with Crippen LogP contribution in [-0.4, -0.2) is 20.2 Å². The zero-order chi connectivity index (χ0) is 9.26. The van der Waals surface area contributed by atoms with Crippen LogP contribution >= 0.6 is 11.3 Å². The number of nitrogens with zero attached hydrogens (tertiary/aromatic N) is 4. The first-order valence-corrected chi connectivity index (χ1v) is 4.79. The maximum absolute atomic E-state index is 5.58. The molecule has 0 spiro atoms. The van der Waals surface area contributed by atoms with Gasteiger partial charge < -0.3 is 5.73 Å². The highest BCUT2D eigenvalue weighted by atomic mass is 32.1. The molecule has 0 saturated carbocycles. The number of hydrogen-bond donors (Lipinski definition) is 1. The molecule has 2 heterocycles. The summed E-state index contributed by atoms with van der Waals surface area (Å²) in [5.74, 6) is 0.346. The van der Waals surface area contributed by atoms with Crippen LogP contribution in [0, 0.1) is 0 Å². The predicted molar refractivity (Wildman–Crippen MR) is 50.4 cm³/mol. The Morgan fingerprint density at radius 3 is 3.00 bits per heavy atom. The first-order chi connectivity index (χ1) is 6.29. The summed E-state index contributed by atoms with van der Waals surface area (Å²) in [5, 5.41) is 15.0. The molecule has 0 aliphatic rings. The van der Waals surface area contributed by atoms with Crippen molar-refractivity contribution in [1.82, 2.24) is 20.2 Å². The van der Waals surface area contributed by atoms with E-state index < -0.39 is 0 Å². The molecule has 6 heteroatoms. The van der Waals surface area contributed by atoms with Gasteiger partial charge in [0.15, 0.2) is 0 Å². The van der Waals surface area contributed by atoms with Crippen LogP contribution in [-0.2, 0) is 0 Å². The van der Waals surface area contributed by atoms with Crippen LogP contribution in [0.25, 0.3) is 0 Å². The summed E-state index contributed by atoms with van der Waals surface area (Å²) in [5.41, 5.74) is 6.75. The van der Waals surface area contributed by atoms with Gasteiger partial charge in [0, 0.05) is 0 Å². The number of aromatic nitrogens is 4. The minimum atomic E-state index is 0.0984. The first kappa shape index (κ1) is 8.18. The number of nitrogens with two attached hydrogens (primary N) is 1. The normalized spacial score (nSPS) is 13.0. The molecule has 0 aliphatic carbocycles. The average Bonchev–Trinajstić information content (AvgIpc) is 2.72. The van der Waals surface area contributed by atoms with Crippen molar-refractivity contribution < 1.29 is 0 Å². The molecule has 2 aromatic heterocycles. The van der Waals surface area contributed by atoms with E-state index in [1.807, 2.05) is 18.4 Å². The van der Waals surface area contributed by atoms with E-state index in [0.717, 1.165) is 0 Å². The molecule has 2 rings (SSSR count). The molecule has 2 N–H and O–H groups in total. The Balaban J connectivity index is 2.33. The molecular formula is C7H9N5S. The summed E-state index contributed by atoms with van der Waals surface area (Å²) in [6, 6.07) is 2.14. The lowest BCUT2D eigenvalue weighted by Gasteiger charge is -2.09. The Labute approximate surface area is 79.2 Å². The number of hydrogen-bond acceptors (Lipinski definition) is 5. The van der Waals surface area contributed by atoms with E-state index in [2.05, 4.69) is 20.9 Å². The average molecular weight is 195 g/mol. The van der Waals surface area contributed by atoms with Gasteiger partial charge >= 0.3 is 0 Å². The molecule has 1 atom stereocenters. The van der Waals surface area contributed by atoms with Gasteiger partial charge in [-0.3, -0.25) is 0 Å². The fourth-order valence-corrected chi connectivity index (χ4v) is 1.88. The molecule has 13 heavy (non-hydrogen) atoms. The van der Waals surface area contributed by atoms with Gasteiger partial charge in [0.2, 0.25) is 5.95 Å². The van der Waals surface area contributed by atoms with E-state index >= 15 is 0 Å². The SMILES string of the molecule is CC(c1ccsc1)n1nnnc1N. The second kappa shape index (κ2) is 3.14. The molecule has 5 nitrogen and oxygen atoms in total. The molecule has 0 radical (unpaired) electrons. The van der Waals surface area contributed by atoms with Gasteiger partial charge in [-0.05, 0) is 39.7 Å². The summed E-state index contributed by atoms with van der Waals surface area (Å²) >= 11 is 1.65. The molecule has 0 saturated heterocycles. The molecule has 1 unspecified atom stereocenters. The topological polar surface area (TPSA) is 69.6 Å². The Kier molecular flexibility index (Phi) is 1.97. The van der Waals surface area contributed by atoms with Crippen molar-refractivity contribution in [3.63, 3.8) is 0 Å². The van der Waals surface area contributed by atoms with Crippen molar-refractivity contribution in [2.45, 2.75) is 13.0 Å². The fraction of sp³-hybridized carbons (Fsp3) is 0.286. The van der Waals surface area contributed by atoms with Crippen molar-refractivity contribution in [3.8, 4) is 0 Å². The predicted octanol–water partition coefficient (Wildman–Crippen LogP) is 0.926. The Morgan fingerprint density at radius 2 is 2.46 bits per heavy atom. The third-order valence-electron chi connectivity index (χ3n) is 1.91. The van der Waals surface area contributed by atoms with Gasteiger partial charge in [0.1, 0.15) is 0 Å². The lowest BCUT2D eigenvalue weighted by atomic mass is 10.2. The Hall–Kier alpha value is -1.43. The zero-order valence-electron chi connectivity index (χ0n) is 7.08. The summed E-state index contributed by atoms with van der Waals surface area (Å²) in [6.45, 7) is 2.01. The highest BCUT2D eigenvalue weighted by Gasteiger charge is 2.12. The summed E-state index contributed by atoms with van der Waals surface area (Å²) in [4.78, 5) is 0. The van der Waals surface area contributed by atoms with Gasteiger partial charge in [0.25, 0.3) is 0 Å². The van der Waals surface area contributed by atoms with E-state index in [1.54, 1.807) is 16.0 Å². The molecule has 0 aliphatic heterocycles. The first-order valence-electron chi connectivity index (χ1n) is 3.84. The standard InChI is InChI=1S/C7H9N5S/c1-5(6-2-3-13-4-6)12-7(8)9-10-11-12/h2-5H,1H3,(H2,8,9,11). The maximum Gasteiger partial charge on any atom is 0.240 e. The minimum Gasteiger partial charge on any atom is -0.367 e. The second-order valence-corrected chi connectivity index (χ2v) is 3.49. The van der Waals surface area contributed by atoms with E-state index in [-0.39, 0.29) is 6.04 Å². The third-order valence-corrected chi connectivity index (χ3v) is 2.61. The Bertz CT molecular complexity index is 379. The summed E-state index contributed by atoms with van der Waals surface area (Å²) in [6.07, 6.45) is 0. The third kappa shape index (κ3) is 1.40. The fourth-order valence-electron chi connectivity index (χ4n) is 1.13. The Morgan fingerprint density at radius 1 is 1.62 bits per heavy atom. The molecule has 2 aromatic rings. The zero-order valence-corrected chi connectivity index (χ0v) is 7.90. The van der Waals surface area contributed by atoms with Crippen LogP contribution < -0.4 is 5.73 Å². The van der Waals surface area contributed by atoms with Crippen LogP contribution in [0.15, 0.2) is 16.8 Å². The van der Waals surface area contributed by atoms with Gasteiger partial charge in [-0.2, -0.15) is 11.3 Å². The smallest absolute Gasteiger partial charge is 0.240 e. The quantitative estimate of drug-likeness (QED) is 0.773. The van der Waals surface area contributed by atoms with Crippen molar-refractivity contribution in [3.05, 3.63) is 22.4 Å². The van der Waals surface area contributed by atoms with Crippen molar-refractivity contribution in [1.29, 1.82) is 0 Å². The molecule has 0 fully saturated rings. The van der Waals surface area contributed by atoms with Gasteiger partial charge in [-0.25, -0.2) is 4.68 Å². The largest absolute Gasteiger partial charge is 0.367 e. The highest BCUT2D eigenvalue weighted by molar-refractivity contribution is 7.07. The number of thiophene rings is 1. The second-order valence-electron chi connectivity index (χ2n) is 2.71. The summed E-state index contributed by atoms with van der Waals surface area (Å²) < 4.78 is 1.60. The lowest BCUT2D eigenvalue weighted by molar-refractivity contribution is 0.551. The molecular weight excluding hydrogens is 186 g/mol. The number of nitrogen functional groups attached to an aromatic ring is 1. The highest BCUT2D eigenvalue weighted by Crippen LogP contribution is 2.20. The van der Waals surface area contributed by atoms with Crippen molar-refractivity contribution in [2.24, 2.45) is 0 Å². The molecule has 0 bridgehead atoms. The summed E-state index contributed by atoms with van der Waals surface area (Å²) in [7, 11) is 0. The van der Waals surface area contributed by atoms with Crippen LogP contribution in [0.3, 0.4) is 0 Å². The van der Waals surface area contributed by atoms with E-state index in [4.69, 9.17) is 5.73 Å². The van der Waals surface area contributed by atoms with E-state index in [1.165, 1.54) is 5.56 Å². The van der Waals surface area contributed by atoms with Gasteiger partial charge in [0.05, 0.1) is 6.04 Å². The van der Waals surface area contributed by atoms with Crippen LogP contribution in [0.4, 0.5) is 5.95 Å². The molecule has 0 aromatic carbocycles. The van der Waals surface area contributed by atoms with Crippen LogP contribution in [0.5, 0.6) is 0 Å². The van der Waals surface area contributed by atoms with Crippen molar-refractivity contribution in [2.75, 3.05) is 5.73 Å². The van der Waals surface area contributed by atoms with Gasteiger partial charge in [-0.15, -0.1) is 0 Å². The molecule has 0 amide bonds. The maximum atomic E-state index is 5.58. The minimum absolute atomic E-state index is 0.0984. The number of rotatable bonds is 2. The monoisotopic (exact) mass is 195 g/mol. The van der Waals surface area contributed by atoms with E-state index in [9.17, 15) is 0 Å². The molecule has 68 valence electrons. The van der Waals surface area contributed by atoms with Gasteiger partial charge in [-0.1, -0.05) is 5.10 Å². The number of anilines is 1. The van der Waals surface area contributed by atoms with Crippen molar-refractivity contribution >= 4 is 17.3 Å². The van der Waals surface area contributed by atoms with E-state index in [0.29, 0.717) is 5.95 Å². The van der Waals surface area contributed by atoms with Crippen LogP contribution in [0.1, 0.15) is 18.5 Å². The lowest BCUT2D eigenvalue weighted by Crippen LogP contribution is -2.11. The number of tetrazole rings is 1.